The number of ether oxygens (including phenoxy) is 1. The monoisotopic (exact) mass is 423 g/mol. The first kappa shape index (κ1) is 21.1. The highest BCUT2D eigenvalue weighted by atomic mass is 32.2. The lowest BCUT2D eigenvalue weighted by Crippen LogP contribution is -2.18. The van der Waals surface area contributed by atoms with Crippen LogP contribution in [0.1, 0.15) is 21.5 Å². The first-order valence-corrected chi connectivity index (χ1v) is 10.5. The standard InChI is InChI=1S/C22H21N3O4S/c1-16-3-13-21(14-4-16)30(27,28)25-19-9-7-18(8-10-19)22(26)24-23-15-17-5-11-20(29-2)12-6-17/h3-15,25H,1-2H3,(H,24,26)/b23-15+. The summed E-state index contributed by atoms with van der Waals surface area (Å²) in [5, 5.41) is 3.93. The molecule has 3 rings (SSSR count). The van der Waals surface area contributed by atoms with Crippen molar-refractivity contribution in [2.45, 2.75) is 11.8 Å². The number of carbonyl (C=O) groups is 1. The SMILES string of the molecule is COc1ccc(/C=N/NC(=O)c2ccc(NS(=O)(=O)c3ccc(C)cc3)cc2)cc1. The molecule has 0 aliphatic heterocycles. The lowest BCUT2D eigenvalue weighted by atomic mass is 10.2. The number of hydrazone groups is 1. The normalized spacial score (nSPS) is 11.3. The maximum Gasteiger partial charge on any atom is 0.271 e. The van der Waals surface area contributed by atoms with Gasteiger partial charge in [-0.3, -0.25) is 9.52 Å². The Morgan fingerprint density at radius 2 is 1.57 bits per heavy atom. The molecule has 0 aromatic heterocycles. The maximum absolute atomic E-state index is 12.4. The molecule has 3 aromatic rings. The second-order valence-electron chi connectivity index (χ2n) is 6.47. The number of hydrogen-bond acceptors (Lipinski definition) is 5. The molecule has 0 spiro atoms. The summed E-state index contributed by atoms with van der Waals surface area (Å²) in [5.41, 5.74) is 4.91. The molecule has 0 saturated carbocycles. The van der Waals surface area contributed by atoms with Crippen molar-refractivity contribution in [1.29, 1.82) is 0 Å². The van der Waals surface area contributed by atoms with Crippen molar-refractivity contribution in [3.8, 4) is 5.75 Å². The predicted octanol–water partition coefficient (Wildman–Crippen LogP) is 3.57. The van der Waals surface area contributed by atoms with Crippen LogP contribution in [0.5, 0.6) is 5.75 Å². The molecule has 0 atom stereocenters. The fourth-order valence-electron chi connectivity index (χ4n) is 2.54. The van der Waals surface area contributed by atoms with Crippen LogP contribution in [0.3, 0.4) is 0 Å². The van der Waals surface area contributed by atoms with E-state index < -0.39 is 15.9 Å². The van der Waals surface area contributed by atoms with E-state index in [1.807, 2.05) is 19.1 Å². The molecule has 1 amide bonds. The summed E-state index contributed by atoms with van der Waals surface area (Å²) in [6.45, 7) is 1.88. The Labute approximate surface area is 175 Å². The molecule has 0 fully saturated rings. The van der Waals surface area contributed by atoms with Crippen LogP contribution in [0.2, 0.25) is 0 Å². The van der Waals surface area contributed by atoms with Gasteiger partial charge in [-0.05, 0) is 73.2 Å². The van der Waals surface area contributed by atoms with Gasteiger partial charge < -0.3 is 4.74 Å². The maximum atomic E-state index is 12.4. The van der Waals surface area contributed by atoms with E-state index in [0.29, 0.717) is 11.3 Å². The van der Waals surface area contributed by atoms with Crippen LogP contribution in [-0.4, -0.2) is 27.6 Å². The summed E-state index contributed by atoms with van der Waals surface area (Å²) >= 11 is 0. The minimum absolute atomic E-state index is 0.169. The van der Waals surface area contributed by atoms with Crippen molar-refractivity contribution in [1.82, 2.24) is 5.43 Å². The summed E-state index contributed by atoms with van der Waals surface area (Å²) in [7, 11) is -2.11. The van der Waals surface area contributed by atoms with Gasteiger partial charge in [-0.1, -0.05) is 17.7 Å². The van der Waals surface area contributed by atoms with Gasteiger partial charge in [-0.15, -0.1) is 0 Å². The van der Waals surface area contributed by atoms with Crippen LogP contribution < -0.4 is 14.9 Å². The molecule has 3 aromatic carbocycles. The van der Waals surface area contributed by atoms with Crippen LogP contribution in [-0.2, 0) is 10.0 Å². The average Bonchev–Trinajstić information content (AvgIpc) is 2.74. The fraction of sp³-hybridized carbons (Fsp3) is 0.0909. The Bertz CT molecular complexity index is 1140. The molecular weight excluding hydrogens is 402 g/mol. The molecule has 0 saturated heterocycles. The molecule has 8 heteroatoms. The van der Waals surface area contributed by atoms with Gasteiger partial charge in [0.15, 0.2) is 0 Å². The molecule has 0 unspecified atom stereocenters. The van der Waals surface area contributed by atoms with Crippen molar-refractivity contribution in [3.05, 3.63) is 89.5 Å². The highest BCUT2D eigenvalue weighted by Crippen LogP contribution is 2.17. The minimum atomic E-state index is -3.70. The second-order valence-corrected chi connectivity index (χ2v) is 8.15. The summed E-state index contributed by atoms with van der Waals surface area (Å²) in [4.78, 5) is 12.4. The first-order chi connectivity index (χ1) is 14.4. The third kappa shape index (κ3) is 5.45. The largest absolute Gasteiger partial charge is 0.497 e. The van der Waals surface area contributed by atoms with E-state index in [2.05, 4.69) is 15.2 Å². The van der Waals surface area contributed by atoms with E-state index in [9.17, 15) is 13.2 Å². The van der Waals surface area contributed by atoms with Crippen molar-refractivity contribution in [2.24, 2.45) is 5.10 Å². The van der Waals surface area contributed by atoms with Gasteiger partial charge in [0.05, 0.1) is 18.2 Å². The van der Waals surface area contributed by atoms with Crippen LogP contribution >= 0.6 is 0 Å². The number of carbonyl (C=O) groups excluding carboxylic acids is 1. The Morgan fingerprint density at radius 1 is 0.933 bits per heavy atom. The highest BCUT2D eigenvalue weighted by molar-refractivity contribution is 7.92. The topological polar surface area (TPSA) is 96.9 Å². The molecular formula is C22H21N3O4S. The van der Waals surface area contributed by atoms with Gasteiger partial charge in [0.1, 0.15) is 5.75 Å². The molecule has 2 N–H and O–H groups in total. The summed E-state index contributed by atoms with van der Waals surface area (Å²) < 4.78 is 32.4. The van der Waals surface area contributed by atoms with Gasteiger partial charge >= 0.3 is 0 Å². The fourth-order valence-corrected chi connectivity index (χ4v) is 3.60. The van der Waals surface area contributed by atoms with Crippen molar-refractivity contribution in [2.75, 3.05) is 11.8 Å². The number of aryl methyl sites for hydroxylation is 1. The number of methoxy groups -OCH3 is 1. The number of rotatable bonds is 7. The zero-order valence-electron chi connectivity index (χ0n) is 16.5. The highest BCUT2D eigenvalue weighted by Gasteiger charge is 2.14. The molecule has 0 aliphatic carbocycles. The van der Waals surface area contributed by atoms with Crippen molar-refractivity contribution in [3.63, 3.8) is 0 Å². The van der Waals surface area contributed by atoms with E-state index >= 15 is 0 Å². The van der Waals surface area contributed by atoms with E-state index in [1.54, 1.807) is 43.5 Å². The third-order valence-electron chi connectivity index (χ3n) is 4.23. The molecule has 0 bridgehead atoms. The Kier molecular flexibility index (Phi) is 6.48. The summed E-state index contributed by atoms with van der Waals surface area (Å²) in [5.74, 6) is 0.321. The molecule has 30 heavy (non-hydrogen) atoms. The minimum Gasteiger partial charge on any atom is -0.497 e. The quantitative estimate of drug-likeness (QED) is 0.448. The lowest BCUT2D eigenvalue weighted by molar-refractivity contribution is 0.0955. The number of anilines is 1. The first-order valence-electron chi connectivity index (χ1n) is 9.04. The number of benzene rings is 3. The van der Waals surface area contributed by atoms with Gasteiger partial charge in [0, 0.05) is 11.3 Å². The third-order valence-corrected chi connectivity index (χ3v) is 5.62. The Morgan fingerprint density at radius 3 is 2.17 bits per heavy atom. The average molecular weight is 423 g/mol. The number of amides is 1. The molecule has 0 radical (unpaired) electrons. The smallest absolute Gasteiger partial charge is 0.271 e. The number of nitrogens with zero attached hydrogens (tertiary/aromatic N) is 1. The van der Waals surface area contributed by atoms with Crippen LogP contribution in [0.25, 0.3) is 0 Å². The van der Waals surface area contributed by atoms with Crippen LogP contribution in [0.4, 0.5) is 5.69 Å². The van der Waals surface area contributed by atoms with Crippen molar-refractivity contribution >= 4 is 27.8 Å². The molecule has 0 heterocycles. The van der Waals surface area contributed by atoms with Gasteiger partial charge in [0.2, 0.25) is 0 Å². The summed E-state index contributed by atoms with van der Waals surface area (Å²) in [6, 6.07) is 19.8. The zero-order chi connectivity index (χ0) is 21.6. The molecule has 7 nitrogen and oxygen atoms in total. The van der Waals surface area contributed by atoms with E-state index in [0.717, 1.165) is 16.9 Å². The number of sulfonamides is 1. The van der Waals surface area contributed by atoms with Crippen LogP contribution in [0.15, 0.2) is 82.8 Å². The second kappa shape index (κ2) is 9.23. The van der Waals surface area contributed by atoms with E-state index in [-0.39, 0.29) is 4.90 Å². The van der Waals surface area contributed by atoms with Gasteiger partial charge in [-0.25, -0.2) is 13.8 Å². The lowest BCUT2D eigenvalue weighted by Gasteiger charge is -2.09. The van der Waals surface area contributed by atoms with Gasteiger partial charge in [0.25, 0.3) is 15.9 Å². The Hall–Kier alpha value is -3.65. The Balaban J connectivity index is 1.61. The summed E-state index contributed by atoms with van der Waals surface area (Å²) in [6.07, 6.45) is 1.52. The molecule has 154 valence electrons. The van der Waals surface area contributed by atoms with Crippen LogP contribution in [0, 0.1) is 6.92 Å². The molecule has 0 aliphatic rings. The predicted molar refractivity (Wildman–Crippen MR) is 116 cm³/mol. The van der Waals surface area contributed by atoms with E-state index in [4.69, 9.17) is 4.74 Å². The van der Waals surface area contributed by atoms with Crippen molar-refractivity contribution < 1.29 is 17.9 Å². The number of hydrogen-bond donors (Lipinski definition) is 2. The zero-order valence-corrected chi connectivity index (χ0v) is 17.3. The van der Waals surface area contributed by atoms with E-state index in [1.165, 1.54) is 30.5 Å². The number of nitrogens with one attached hydrogen (secondary N) is 2. The van der Waals surface area contributed by atoms with Gasteiger partial charge in [-0.2, -0.15) is 5.10 Å².